The molecule has 0 aromatic heterocycles. The van der Waals surface area contributed by atoms with Gasteiger partial charge in [0.05, 0.1) is 16.0 Å². The van der Waals surface area contributed by atoms with E-state index in [1.165, 1.54) is 6.07 Å². The van der Waals surface area contributed by atoms with Crippen molar-refractivity contribution in [2.45, 2.75) is 19.8 Å². The van der Waals surface area contributed by atoms with E-state index in [0.29, 0.717) is 11.6 Å². The lowest BCUT2D eigenvalue weighted by Gasteiger charge is -2.33. The molecule has 7 heteroatoms. The molecular weight excluding hydrogens is 297 g/mol. The minimum absolute atomic E-state index is 0.0784. The molecule has 0 spiro atoms. The molecule has 0 atom stereocenters. The van der Waals surface area contributed by atoms with Crippen molar-refractivity contribution in [1.82, 2.24) is 5.32 Å². The minimum Gasteiger partial charge on any atom is -0.366 e. The van der Waals surface area contributed by atoms with Crippen LogP contribution in [0.4, 0.5) is 15.8 Å². The second-order valence-corrected chi connectivity index (χ2v) is 5.66. The minimum atomic E-state index is -0.755. The van der Waals surface area contributed by atoms with E-state index >= 15 is 0 Å². The summed E-state index contributed by atoms with van der Waals surface area (Å²) in [6.45, 7) is 5.42. The van der Waals surface area contributed by atoms with Gasteiger partial charge in [0.1, 0.15) is 11.5 Å². The number of anilines is 1. The Hall–Kier alpha value is -1.40. The van der Waals surface area contributed by atoms with Crippen molar-refractivity contribution in [2.24, 2.45) is 5.92 Å². The standard InChI is InChI=1S/C14H19ClFN3O2/c1-2-17-9-10-3-5-18(6-4-10)13-7-11(15)12(16)8-14(13)19(20)21/h7-8,10,17H,2-6,9H2,1H3. The van der Waals surface area contributed by atoms with E-state index in [-0.39, 0.29) is 10.7 Å². The van der Waals surface area contributed by atoms with Gasteiger partial charge in [0, 0.05) is 13.1 Å². The molecule has 1 aromatic rings. The van der Waals surface area contributed by atoms with E-state index in [0.717, 1.165) is 45.1 Å². The number of nitrogens with one attached hydrogen (secondary N) is 1. The van der Waals surface area contributed by atoms with E-state index in [2.05, 4.69) is 12.2 Å². The average Bonchev–Trinajstić information content (AvgIpc) is 2.48. The highest BCUT2D eigenvalue weighted by Gasteiger charge is 2.26. The van der Waals surface area contributed by atoms with Gasteiger partial charge < -0.3 is 10.2 Å². The Kier molecular flexibility index (Phi) is 5.36. The fraction of sp³-hybridized carbons (Fsp3) is 0.571. The van der Waals surface area contributed by atoms with Crippen molar-refractivity contribution in [3.05, 3.63) is 33.1 Å². The van der Waals surface area contributed by atoms with Crippen LogP contribution >= 0.6 is 11.6 Å². The Labute approximate surface area is 128 Å². The smallest absolute Gasteiger partial charge is 0.295 e. The number of piperidine rings is 1. The topological polar surface area (TPSA) is 58.4 Å². The molecule has 0 aliphatic carbocycles. The summed E-state index contributed by atoms with van der Waals surface area (Å²) in [6, 6.07) is 2.27. The number of hydrogen-bond acceptors (Lipinski definition) is 4. The van der Waals surface area contributed by atoms with Gasteiger partial charge in [-0.2, -0.15) is 0 Å². The van der Waals surface area contributed by atoms with Gasteiger partial charge >= 0.3 is 0 Å². The van der Waals surface area contributed by atoms with E-state index in [1.807, 2.05) is 4.90 Å². The van der Waals surface area contributed by atoms with E-state index in [4.69, 9.17) is 11.6 Å². The third-order valence-electron chi connectivity index (χ3n) is 3.85. The van der Waals surface area contributed by atoms with Crippen LogP contribution in [-0.4, -0.2) is 31.1 Å². The molecule has 1 aliphatic heterocycles. The molecule has 1 aliphatic rings. The predicted molar refractivity (Wildman–Crippen MR) is 81.5 cm³/mol. The van der Waals surface area contributed by atoms with Crippen LogP contribution in [0.1, 0.15) is 19.8 Å². The fourth-order valence-electron chi connectivity index (χ4n) is 2.65. The number of benzene rings is 1. The SMILES string of the molecule is CCNCC1CCN(c2cc(Cl)c(F)cc2[N+](=O)[O-])CC1. The summed E-state index contributed by atoms with van der Waals surface area (Å²) in [6.07, 6.45) is 1.91. The molecule has 116 valence electrons. The maximum atomic E-state index is 13.4. The first-order valence-electron chi connectivity index (χ1n) is 7.12. The maximum absolute atomic E-state index is 13.4. The summed E-state index contributed by atoms with van der Waals surface area (Å²) < 4.78 is 13.4. The first kappa shape index (κ1) is 16.0. The molecule has 1 fully saturated rings. The molecule has 0 amide bonds. The molecule has 1 N–H and O–H groups in total. The monoisotopic (exact) mass is 315 g/mol. The quantitative estimate of drug-likeness (QED) is 0.669. The lowest BCUT2D eigenvalue weighted by molar-refractivity contribution is -0.384. The van der Waals surface area contributed by atoms with Crippen molar-refractivity contribution >= 4 is 23.0 Å². The Morgan fingerprint density at radius 2 is 2.14 bits per heavy atom. The largest absolute Gasteiger partial charge is 0.366 e. The highest BCUT2D eigenvalue weighted by Crippen LogP contribution is 2.35. The Morgan fingerprint density at radius 1 is 1.48 bits per heavy atom. The highest BCUT2D eigenvalue weighted by atomic mass is 35.5. The summed E-state index contributed by atoms with van der Waals surface area (Å²) in [7, 11) is 0. The number of nitro groups is 1. The summed E-state index contributed by atoms with van der Waals surface area (Å²) in [5, 5.41) is 14.3. The van der Waals surface area contributed by atoms with Crippen LogP contribution in [0.2, 0.25) is 5.02 Å². The number of hydrogen-bond donors (Lipinski definition) is 1. The zero-order chi connectivity index (χ0) is 15.4. The molecule has 0 saturated carbocycles. The molecule has 21 heavy (non-hydrogen) atoms. The van der Waals surface area contributed by atoms with Crippen LogP contribution in [0.3, 0.4) is 0 Å². The summed E-state index contributed by atoms with van der Waals surface area (Å²) >= 11 is 5.77. The number of nitrogens with zero attached hydrogens (tertiary/aromatic N) is 2. The van der Waals surface area contributed by atoms with Gasteiger partial charge in [0.15, 0.2) is 0 Å². The molecule has 0 radical (unpaired) electrons. The van der Waals surface area contributed by atoms with Crippen molar-refractivity contribution in [1.29, 1.82) is 0 Å². The van der Waals surface area contributed by atoms with Gasteiger partial charge in [-0.25, -0.2) is 4.39 Å². The van der Waals surface area contributed by atoms with E-state index in [9.17, 15) is 14.5 Å². The van der Waals surface area contributed by atoms with Crippen LogP contribution in [0.25, 0.3) is 0 Å². The second kappa shape index (κ2) is 7.04. The molecule has 0 unspecified atom stereocenters. The normalized spacial score (nSPS) is 16.2. The van der Waals surface area contributed by atoms with E-state index < -0.39 is 10.7 Å². The van der Waals surface area contributed by atoms with Crippen LogP contribution in [0.5, 0.6) is 0 Å². The molecule has 1 heterocycles. The van der Waals surface area contributed by atoms with Crippen molar-refractivity contribution < 1.29 is 9.31 Å². The van der Waals surface area contributed by atoms with Crippen molar-refractivity contribution in [3.8, 4) is 0 Å². The summed E-state index contributed by atoms with van der Waals surface area (Å²) in [4.78, 5) is 12.5. The Morgan fingerprint density at radius 3 is 2.71 bits per heavy atom. The lowest BCUT2D eigenvalue weighted by Crippen LogP contribution is -2.37. The van der Waals surface area contributed by atoms with Gasteiger partial charge in [-0.1, -0.05) is 18.5 Å². The molecule has 2 rings (SSSR count). The third-order valence-corrected chi connectivity index (χ3v) is 4.14. The molecule has 0 bridgehead atoms. The maximum Gasteiger partial charge on any atom is 0.295 e. The van der Waals surface area contributed by atoms with Gasteiger partial charge in [-0.15, -0.1) is 0 Å². The first-order valence-corrected chi connectivity index (χ1v) is 7.49. The van der Waals surface area contributed by atoms with Gasteiger partial charge in [-0.05, 0) is 37.9 Å². The molecular formula is C14H19ClFN3O2. The molecule has 1 saturated heterocycles. The van der Waals surface area contributed by atoms with Crippen LogP contribution in [-0.2, 0) is 0 Å². The number of nitro benzene ring substituents is 1. The van der Waals surface area contributed by atoms with Crippen LogP contribution in [0, 0.1) is 21.8 Å². The molecule has 1 aromatic carbocycles. The van der Waals surface area contributed by atoms with Gasteiger partial charge in [0.25, 0.3) is 5.69 Å². The zero-order valence-electron chi connectivity index (χ0n) is 11.9. The summed E-state index contributed by atoms with van der Waals surface area (Å²) in [5.41, 5.74) is 0.190. The van der Waals surface area contributed by atoms with Crippen molar-refractivity contribution in [3.63, 3.8) is 0 Å². The Bertz CT molecular complexity index is 519. The average molecular weight is 316 g/mol. The van der Waals surface area contributed by atoms with Gasteiger partial charge in [0.2, 0.25) is 0 Å². The number of halogens is 2. The highest BCUT2D eigenvalue weighted by molar-refractivity contribution is 6.31. The Balaban J connectivity index is 2.12. The molecule has 5 nitrogen and oxygen atoms in total. The van der Waals surface area contributed by atoms with E-state index in [1.54, 1.807) is 0 Å². The first-order chi connectivity index (χ1) is 10.0. The zero-order valence-corrected chi connectivity index (χ0v) is 12.7. The number of rotatable bonds is 5. The van der Waals surface area contributed by atoms with Crippen molar-refractivity contribution in [2.75, 3.05) is 31.1 Å². The van der Waals surface area contributed by atoms with Crippen LogP contribution < -0.4 is 10.2 Å². The third kappa shape index (κ3) is 3.83. The van der Waals surface area contributed by atoms with Gasteiger partial charge in [-0.3, -0.25) is 10.1 Å². The predicted octanol–water partition coefficient (Wildman–Crippen LogP) is 3.21. The fourth-order valence-corrected chi connectivity index (χ4v) is 2.81. The van der Waals surface area contributed by atoms with Crippen LogP contribution in [0.15, 0.2) is 12.1 Å². The lowest BCUT2D eigenvalue weighted by atomic mass is 9.96. The summed E-state index contributed by atoms with van der Waals surface area (Å²) in [5.74, 6) is -0.176. The second-order valence-electron chi connectivity index (χ2n) is 5.25.